The summed E-state index contributed by atoms with van der Waals surface area (Å²) in [6.45, 7) is 4.55. The van der Waals surface area contributed by atoms with Crippen LogP contribution in [0.5, 0.6) is 0 Å². The Morgan fingerprint density at radius 2 is 2.29 bits per heavy atom. The van der Waals surface area contributed by atoms with E-state index in [1.807, 2.05) is 7.05 Å². The van der Waals surface area contributed by atoms with Gasteiger partial charge in [-0.2, -0.15) is 0 Å². The largest absolute Gasteiger partial charge is 0.387 e. The van der Waals surface area contributed by atoms with Gasteiger partial charge < -0.3 is 15.5 Å². The molecule has 0 aliphatic carbocycles. The fraction of sp³-hybridized carbons (Fsp3) is 0.500. The van der Waals surface area contributed by atoms with Crippen molar-refractivity contribution in [3.63, 3.8) is 0 Å². The van der Waals surface area contributed by atoms with Gasteiger partial charge in [-0.25, -0.2) is 0 Å². The first-order valence-corrected chi connectivity index (χ1v) is 5.77. The van der Waals surface area contributed by atoms with Gasteiger partial charge in [0.2, 0.25) is 0 Å². The molecule has 5 heteroatoms. The van der Waals surface area contributed by atoms with Crippen LogP contribution in [0, 0.1) is 0 Å². The molecule has 1 aromatic rings. The van der Waals surface area contributed by atoms with Gasteiger partial charge >= 0.3 is 0 Å². The summed E-state index contributed by atoms with van der Waals surface area (Å²) in [5.41, 5.74) is 1.37. The maximum atomic E-state index is 11.9. The van der Waals surface area contributed by atoms with Crippen LogP contribution in [-0.4, -0.2) is 49.5 Å². The molecule has 1 heterocycles. The first-order valence-electron chi connectivity index (χ1n) is 5.77. The zero-order chi connectivity index (χ0) is 12.7. The van der Waals surface area contributed by atoms with E-state index in [-0.39, 0.29) is 5.91 Å². The highest BCUT2D eigenvalue weighted by atomic mass is 16.1. The maximum absolute atomic E-state index is 11.9. The number of hydrogen-bond donors (Lipinski definition) is 2. The van der Waals surface area contributed by atoms with Gasteiger partial charge in [0.25, 0.3) is 5.91 Å². The number of carbonyl (C=O) groups is 1. The van der Waals surface area contributed by atoms with Crippen molar-refractivity contribution in [1.82, 2.24) is 15.2 Å². The summed E-state index contributed by atoms with van der Waals surface area (Å²) in [7, 11) is 3.81. The van der Waals surface area contributed by atoms with Crippen LogP contribution in [0.4, 0.5) is 5.69 Å². The van der Waals surface area contributed by atoms with Crippen LogP contribution in [0.1, 0.15) is 17.3 Å². The molecule has 94 valence electrons. The molecule has 0 radical (unpaired) electrons. The minimum absolute atomic E-state index is 0.0908. The Morgan fingerprint density at radius 3 is 2.94 bits per heavy atom. The van der Waals surface area contributed by atoms with Crippen molar-refractivity contribution in [3.8, 4) is 0 Å². The van der Waals surface area contributed by atoms with Gasteiger partial charge in [-0.3, -0.25) is 9.78 Å². The number of nitrogens with one attached hydrogen (secondary N) is 2. The molecule has 1 amide bonds. The van der Waals surface area contributed by atoms with Crippen LogP contribution in [0.25, 0.3) is 0 Å². The summed E-state index contributed by atoms with van der Waals surface area (Å²) < 4.78 is 0. The summed E-state index contributed by atoms with van der Waals surface area (Å²) >= 11 is 0. The van der Waals surface area contributed by atoms with Gasteiger partial charge in [-0.15, -0.1) is 0 Å². The van der Waals surface area contributed by atoms with Gasteiger partial charge in [-0.1, -0.05) is 6.92 Å². The second kappa shape index (κ2) is 6.85. The van der Waals surface area contributed by atoms with E-state index in [1.165, 1.54) is 0 Å². The van der Waals surface area contributed by atoms with Gasteiger partial charge in [0.1, 0.15) is 0 Å². The Bertz CT molecular complexity index is 367. The number of rotatable bonds is 6. The molecule has 0 saturated carbocycles. The maximum Gasteiger partial charge on any atom is 0.254 e. The lowest BCUT2D eigenvalue weighted by atomic mass is 10.2. The Balaban J connectivity index is 2.52. The van der Waals surface area contributed by atoms with E-state index in [1.54, 1.807) is 25.5 Å². The van der Waals surface area contributed by atoms with E-state index in [0.717, 1.165) is 18.8 Å². The van der Waals surface area contributed by atoms with E-state index in [9.17, 15) is 4.79 Å². The van der Waals surface area contributed by atoms with Gasteiger partial charge in [-0.05, 0) is 19.7 Å². The lowest BCUT2D eigenvalue weighted by Crippen LogP contribution is -2.33. The van der Waals surface area contributed by atoms with E-state index in [2.05, 4.69) is 27.4 Å². The zero-order valence-electron chi connectivity index (χ0n) is 10.7. The predicted molar refractivity (Wildman–Crippen MR) is 69.3 cm³/mol. The van der Waals surface area contributed by atoms with Crippen molar-refractivity contribution in [2.75, 3.05) is 39.0 Å². The van der Waals surface area contributed by atoms with Crippen LogP contribution in [0.3, 0.4) is 0 Å². The van der Waals surface area contributed by atoms with E-state index >= 15 is 0 Å². The molecule has 0 fully saturated rings. The molecule has 0 aliphatic rings. The highest BCUT2D eigenvalue weighted by Gasteiger charge is 2.09. The smallest absolute Gasteiger partial charge is 0.254 e. The number of carbonyl (C=O) groups excluding carboxylic acids is 1. The normalized spacial score (nSPS) is 10.4. The summed E-state index contributed by atoms with van der Waals surface area (Å²) in [5, 5.41) is 5.85. The van der Waals surface area contributed by atoms with Gasteiger partial charge in [0, 0.05) is 38.2 Å². The summed E-state index contributed by atoms with van der Waals surface area (Å²) in [4.78, 5) is 18.0. The Hall–Kier alpha value is -1.62. The second-order valence-corrected chi connectivity index (χ2v) is 3.82. The van der Waals surface area contributed by atoms with Crippen LogP contribution in [0.2, 0.25) is 0 Å². The van der Waals surface area contributed by atoms with Crippen molar-refractivity contribution >= 4 is 11.6 Å². The summed E-state index contributed by atoms with van der Waals surface area (Å²) in [5.74, 6) is -0.0908. The first-order chi connectivity index (χ1) is 8.19. The van der Waals surface area contributed by atoms with Crippen LogP contribution < -0.4 is 10.6 Å². The Kier molecular flexibility index (Phi) is 5.42. The molecule has 0 unspecified atom stereocenters. The molecular weight excluding hydrogens is 216 g/mol. The highest BCUT2D eigenvalue weighted by molar-refractivity contribution is 5.99. The molecule has 0 spiro atoms. The third-order valence-corrected chi connectivity index (χ3v) is 2.65. The summed E-state index contributed by atoms with van der Waals surface area (Å²) in [6, 6.07) is 1.78. The SMILES string of the molecule is CCN(C)CCNC(=O)c1cnccc1NC. The van der Waals surface area contributed by atoms with Crippen LogP contribution in [0.15, 0.2) is 18.5 Å². The predicted octanol–water partition coefficient (Wildman–Crippen LogP) is 0.805. The monoisotopic (exact) mass is 236 g/mol. The van der Waals surface area contributed by atoms with Crippen molar-refractivity contribution in [2.24, 2.45) is 0 Å². The molecule has 0 bridgehead atoms. The molecule has 0 aliphatic heterocycles. The average Bonchev–Trinajstić information content (AvgIpc) is 2.38. The van der Waals surface area contributed by atoms with Crippen LogP contribution in [-0.2, 0) is 0 Å². The van der Waals surface area contributed by atoms with Crippen molar-refractivity contribution in [1.29, 1.82) is 0 Å². The number of aromatic nitrogens is 1. The Labute approximate surface area is 102 Å². The molecule has 5 nitrogen and oxygen atoms in total. The zero-order valence-corrected chi connectivity index (χ0v) is 10.7. The molecule has 0 atom stereocenters. The molecule has 0 saturated heterocycles. The number of amides is 1. The van der Waals surface area contributed by atoms with Gasteiger partial charge in [0.05, 0.1) is 5.56 Å². The number of likely N-dealkylation sites (N-methyl/N-ethyl adjacent to an activating group) is 1. The average molecular weight is 236 g/mol. The molecular formula is C12H20N4O. The molecule has 1 rings (SSSR count). The van der Waals surface area contributed by atoms with Crippen LogP contribution >= 0.6 is 0 Å². The highest BCUT2D eigenvalue weighted by Crippen LogP contribution is 2.11. The standard InChI is InChI=1S/C12H20N4O/c1-4-16(3)8-7-15-12(17)10-9-14-6-5-11(10)13-2/h5-6,9H,4,7-8H2,1-3H3,(H,13,14)(H,15,17). The first kappa shape index (κ1) is 13.4. The quantitative estimate of drug-likeness (QED) is 0.767. The third kappa shape index (κ3) is 4.03. The number of pyridine rings is 1. The van der Waals surface area contributed by atoms with E-state index in [0.29, 0.717) is 12.1 Å². The molecule has 2 N–H and O–H groups in total. The fourth-order valence-electron chi connectivity index (χ4n) is 1.41. The number of nitrogens with zero attached hydrogens (tertiary/aromatic N) is 2. The van der Waals surface area contributed by atoms with E-state index < -0.39 is 0 Å². The fourth-order valence-corrected chi connectivity index (χ4v) is 1.41. The van der Waals surface area contributed by atoms with Crippen molar-refractivity contribution in [2.45, 2.75) is 6.92 Å². The van der Waals surface area contributed by atoms with Crippen molar-refractivity contribution in [3.05, 3.63) is 24.0 Å². The van der Waals surface area contributed by atoms with Gasteiger partial charge in [0.15, 0.2) is 0 Å². The third-order valence-electron chi connectivity index (χ3n) is 2.65. The lowest BCUT2D eigenvalue weighted by Gasteiger charge is -2.14. The lowest BCUT2D eigenvalue weighted by molar-refractivity contribution is 0.0950. The topological polar surface area (TPSA) is 57.3 Å². The number of hydrogen-bond acceptors (Lipinski definition) is 4. The minimum Gasteiger partial charge on any atom is -0.387 e. The second-order valence-electron chi connectivity index (χ2n) is 3.82. The molecule has 17 heavy (non-hydrogen) atoms. The minimum atomic E-state index is -0.0908. The summed E-state index contributed by atoms with van der Waals surface area (Å²) in [6.07, 6.45) is 3.23. The van der Waals surface area contributed by atoms with Crippen molar-refractivity contribution < 1.29 is 4.79 Å². The molecule has 0 aromatic carbocycles. The molecule has 1 aromatic heterocycles. The van der Waals surface area contributed by atoms with E-state index in [4.69, 9.17) is 0 Å². The Morgan fingerprint density at radius 1 is 1.53 bits per heavy atom. The number of anilines is 1.